The van der Waals surface area contributed by atoms with Crippen LogP contribution in [0.4, 0.5) is 13.2 Å². The Kier molecular flexibility index (Phi) is 6.32. The Bertz CT molecular complexity index is 1180. The predicted molar refractivity (Wildman–Crippen MR) is 114 cm³/mol. The molecule has 0 bridgehead atoms. The highest BCUT2D eigenvalue weighted by atomic mass is 32.1. The molecule has 1 saturated carbocycles. The van der Waals surface area contributed by atoms with Gasteiger partial charge in [0.2, 0.25) is 0 Å². The predicted octanol–water partition coefficient (Wildman–Crippen LogP) is 3.16. The lowest BCUT2D eigenvalue weighted by Gasteiger charge is -2.30. The maximum Gasteiger partial charge on any atom is 0.391 e. The minimum atomic E-state index is -4.25. The molecule has 3 aromatic rings. The quantitative estimate of drug-likeness (QED) is 0.579. The van der Waals surface area contributed by atoms with Gasteiger partial charge in [0, 0.05) is 13.1 Å². The van der Waals surface area contributed by atoms with Crippen LogP contribution in [0.5, 0.6) is 0 Å². The van der Waals surface area contributed by atoms with Gasteiger partial charge in [0.15, 0.2) is 5.65 Å². The molecule has 1 fully saturated rings. The number of nitrogens with zero attached hydrogens (tertiary/aromatic N) is 5. The zero-order valence-electron chi connectivity index (χ0n) is 17.9. The van der Waals surface area contributed by atoms with Crippen LogP contribution in [-0.2, 0) is 7.05 Å². The number of halogens is 3. The van der Waals surface area contributed by atoms with E-state index < -0.39 is 36.0 Å². The van der Waals surface area contributed by atoms with Gasteiger partial charge >= 0.3 is 6.18 Å². The highest BCUT2D eigenvalue weighted by molar-refractivity contribution is 7.13. The van der Waals surface area contributed by atoms with Crippen molar-refractivity contribution in [3.8, 4) is 0 Å². The lowest BCUT2D eigenvalue weighted by Crippen LogP contribution is -2.41. The van der Waals surface area contributed by atoms with Crippen molar-refractivity contribution < 1.29 is 22.8 Å². The lowest BCUT2D eigenvalue weighted by atomic mass is 9.85. The molecule has 3 aromatic heterocycles. The van der Waals surface area contributed by atoms with Crippen molar-refractivity contribution in [3.63, 3.8) is 0 Å². The number of rotatable bonds is 5. The van der Waals surface area contributed by atoms with Crippen LogP contribution in [-0.4, -0.2) is 48.8 Å². The third-order valence-corrected chi connectivity index (χ3v) is 6.86. The maximum absolute atomic E-state index is 13.0. The van der Waals surface area contributed by atoms with Gasteiger partial charge in [0.05, 0.1) is 29.7 Å². The highest BCUT2D eigenvalue weighted by Gasteiger charge is 2.42. The Morgan fingerprint density at radius 3 is 2.73 bits per heavy atom. The zero-order valence-corrected chi connectivity index (χ0v) is 18.7. The van der Waals surface area contributed by atoms with Crippen molar-refractivity contribution in [1.29, 1.82) is 0 Å². The Hall–Kier alpha value is -3.09. The summed E-state index contributed by atoms with van der Waals surface area (Å²) in [5, 5.41) is 10.6. The fourth-order valence-corrected chi connectivity index (χ4v) is 4.76. The number of alkyl halides is 3. The average Bonchev–Trinajstić information content (AvgIpc) is 3.41. The van der Waals surface area contributed by atoms with Crippen molar-refractivity contribution in [2.75, 3.05) is 0 Å². The molecular formula is C20H22F3N7O2S. The van der Waals surface area contributed by atoms with Crippen LogP contribution in [0.15, 0.2) is 18.7 Å². The van der Waals surface area contributed by atoms with Gasteiger partial charge in [-0.3, -0.25) is 14.3 Å². The number of aryl methyl sites for hydroxylation is 1. The van der Waals surface area contributed by atoms with Crippen LogP contribution in [0.1, 0.15) is 63.8 Å². The number of hydrogen-bond donors (Lipinski definition) is 2. The number of carbonyl (C=O) groups excluding carboxylic acids is 2. The van der Waals surface area contributed by atoms with E-state index in [1.165, 1.54) is 23.4 Å². The number of carbonyl (C=O) groups is 2. The van der Waals surface area contributed by atoms with Crippen LogP contribution >= 0.6 is 11.3 Å². The van der Waals surface area contributed by atoms with Crippen LogP contribution in [0.2, 0.25) is 0 Å². The molecule has 176 valence electrons. The maximum atomic E-state index is 13.0. The average molecular weight is 482 g/mol. The summed E-state index contributed by atoms with van der Waals surface area (Å²) >= 11 is 1.08. The minimum absolute atomic E-state index is 0.0927. The summed E-state index contributed by atoms with van der Waals surface area (Å²) < 4.78 is 40.6. The van der Waals surface area contributed by atoms with Gasteiger partial charge < -0.3 is 10.6 Å². The third-order valence-electron chi connectivity index (χ3n) is 5.68. The summed E-state index contributed by atoms with van der Waals surface area (Å²) in [6.45, 7) is 1.72. The minimum Gasteiger partial charge on any atom is -0.349 e. The summed E-state index contributed by atoms with van der Waals surface area (Å²) in [5.74, 6) is -2.29. The first-order valence-electron chi connectivity index (χ1n) is 10.4. The molecule has 3 unspecified atom stereocenters. The second kappa shape index (κ2) is 9.04. The first-order chi connectivity index (χ1) is 15.6. The molecule has 9 nitrogen and oxygen atoms in total. The molecule has 3 atom stereocenters. The molecule has 0 spiro atoms. The van der Waals surface area contributed by atoms with Gasteiger partial charge in [-0.1, -0.05) is 6.42 Å². The van der Waals surface area contributed by atoms with E-state index in [0.29, 0.717) is 28.9 Å². The number of hydrogen-bond acceptors (Lipinski definition) is 7. The van der Waals surface area contributed by atoms with Gasteiger partial charge in [-0.05, 0) is 26.2 Å². The van der Waals surface area contributed by atoms with E-state index in [-0.39, 0.29) is 23.4 Å². The molecule has 13 heteroatoms. The van der Waals surface area contributed by atoms with E-state index in [0.717, 1.165) is 11.3 Å². The van der Waals surface area contributed by atoms with Crippen molar-refractivity contribution in [2.24, 2.45) is 13.0 Å². The number of amides is 2. The molecule has 0 aromatic carbocycles. The largest absolute Gasteiger partial charge is 0.391 e. The van der Waals surface area contributed by atoms with Gasteiger partial charge in [-0.25, -0.2) is 15.0 Å². The molecule has 0 aliphatic heterocycles. The first-order valence-corrected chi connectivity index (χ1v) is 11.2. The van der Waals surface area contributed by atoms with Crippen molar-refractivity contribution in [2.45, 2.75) is 50.9 Å². The molecule has 33 heavy (non-hydrogen) atoms. The lowest BCUT2D eigenvalue weighted by molar-refractivity contribution is -0.183. The monoisotopic (exact) mass is 481 g/mol. The van der Waals surface area contributed by atoms with Crippen LogP contribution in [0, 0.1) is 5.92 Å². The molecular weight excluding hydrogens is 459 g/mol. The smallest absolute Gasteiger partial charge is 0.349 e. The van der Waals surface area contributed by atoms with Gasteiger partial charge in [0.1, 0.15) is 21.9 Å². The Morgan fingerprint density at radius 1 is 1.18 bits per heavy atom. The van der Waals surface area contributed by atoms with Gasteiger partial charge in [-0.15, -0.1) is 11.3 Å². The topological polar surface area (TPSA) is 115 Å². The Balaban J connectivity index is 1.39. The van der Waals surface area contributed by atoms with E-state index in [2.05, 4.69) is 30.7 Å². The zero-order chi connectivity index (χ0) is 23.8. The van der Waals surface area contributed by atoms with Crippen molar-refractivity contribution >= 4 is 34.2 Å². The summed E-state index contributed by atoms with van der Waals surface area (Å²) in [6, 6.07) is -1.05. The molecule has 2 N–H and O–H groups in total. The van der Waals surface area contributed by atoms with Gasteiger partial charge in [0.25, 0.3) is 11.8 Å². The molecule has 3 heterocycles. The van der Waals surface area contributed by atoms with Crippen molar-refractivity contribution in [3.05, 3.63) is 34.3 Å². The van der Waals surface area contributed by atoms with E-state index in [9.17, 15) is 22.8 Å². The number of thiazole rings is 1. The summed E-state index contributed by atoms with van der Waals surface area (Å²) in [7, 11) is 1.71. The van der Waals surface area contributed by atoms with Gasteiger partial charge in [-0.2, -0.15) is 18.3 Å². The Labute approximate surface area is 190 Å². The van der Waals surface area contributed by atoms with E-state index >= 15 is 0 Å². The van der Waals surface area contributed by atoms with Crippen LogP contribution in [0.3, 0.4) is 0 Å². The highest BCUT2D eigenvalue weighted by Crippen LogP contribution is 2.37. The first kappa shape index (κ1) is 23.1. The van der Waals surface area contributed by atoms with Crippen LogP contribution in [0.25, 0.3) is 11.0 Å². The van der Waals surface area contributed by atoms with E-state index in [1.807, 2.05) is 0 Å². The molecule has 2 amide bonds. The Morgan fingerprint density at radius 2 is 1.97 bits per heavy atom. The SMILES string of the molecule is CC(NC(=O)c1ncnc2c1cnn2C)c1ncc(C(=O)NC2CCCC(C(F)(F)F)C2)s1. The summed E-state index contributed by atoms with van der Waals surface area (Å²) in [5.41, 5.74) is 0.692. The van der Waals surface area contributed by atoms with Crippen LogP contribution < -0.4 is 10.6 Å². The second-order valence-corrected chi connectivity index (χ2v) is 9.12. The summed E-state index contributed by atoms with van der Waals surface area (Å²) in [6.07, 6.45) is 0.813. The fourth-order valence-electron chi connectivity index (χ4n) is 3.94. The second-order valence-electron chi connectivity index (χ2n) is 8.06. The number of nitrogens with one attached hydrogen (secondary N) is 2. The van der Waals surface area contributed by atoms with Crippen molar-refractivity contribution in [1.82, 2.24) is 35.4 Å². The molecule has 1 aliphatic rings. The third kappa shape index (κ3) is 4.97. The molecule has 4 rings (SSSR count). The standard InChI is InChI=1S/C20H22F3N7O2S/c1-10(28-18(32)15-13-7-27-30(2)16(13)26-9-25-15)19-24-8-14(33-19)17(31)29-12-5-3-4-11(6-12)20(21,22)23/h7-12H,3-6H2,1-2H3,(H,28,32)(H,29,31). The van der Waals surface area contributed by atoms with E-state index in [1.54, 1.807) is 14.0 Å². The number of fused-ring (bicyclic) bond motifs is 1. The number of aromatic nitrogens is 5. The summed E-state index contributed by atoms with van der Waals surface area (Å²) in [4.78, 5) is 37.9. The molecule has 0 radical (unpaired) electrons. The molecule has 0 saturated heterocycles. The molecule has 1 aliphatic carbocycles. The normalized spacial score (nSPS) is 19.9. The van der Waals surface area contributed by atoms with E-state index in [4.69, 9.17) is 0 Å². The fraction of sp³-hybridized carbons (Fsp3) is 0.500.